The molecule has 1 aromatic heterocycles. The van der Waals surface area contributed by atoms with E-state index in [0.717, 1.165) is 43.4 Å². The molecule has 0 spiro atoms. The topological polar surface area (TPSA) is 41.0 Å². The number of hydrogen-bond acceptors (Lipinski definition) is 4. The fourth-order valence-electron chi connectivity index (χ4n) is 2.56. The highest BCUT2D eigenvalue weighted by molar-refractivity contribution is 6.34. The number of fused-ring (bicyclic) bond motifs is 1. The first kappa shape index (κ1) is 17.0. The number of halogens is 1. The summed E-state index contributed by atoms with van der Waals surface area (Å²) < 4.78 is 0. The highest BCUT2D eigenvalue weighted by atomic mass is 35.5. The summed E-state index contributed by atoms with van der Waals surface area (Å²) in [5, 5.41) is 4.76. The second-order valence-electron chi connectivity index (χ2n) is 5.57. The van der Waals surface area contributed by atoms with Gasteiger partial charge in [-0.15, -0.1) is 0 Å². The third-order valence-electron chi connectivity index (χ3n) is 3.94. The smallest absolute Gasteiger partial charge is 0.224 e. The monoisotopic (exact) mass is 320 g/mol. The van der Waals surface area contributed by atoms with Gasteiger partial charge in [-0.25, -0.2) is 9.97 Å². The van der Waals surface area contributed by atoms with Gasteiger partial charge in [0.05, 0.1) is 5.52 Å². The van der Waals surface area contributed by atoms with Crippen molar-refractivity contribution < 1.29 is 0 Å². The van der Waals surface area contributed by atoms with Gasteiger partial charge in [0.2, 0.25) is 5.95 Å². The van der Waals surface area contributed by atoms with Crippen LogP contribution in [0, 0.1) is 0 Å². The molecule has 1 heterocycles. The molecule has 0 saturated carbocycles. The van der Waals surface area contributed by atoms with Gasteiger partial charge in [0.15, 0.2) is 0 Å². The first-order chi connectivity index (χ1) is 10.6. The summed E-state index contributed by atoms with van der Waals surface area (Å²) in [6.45, 7) is 9.93. The average molecular weight is 321 g/mol. The molecule has 2 rings (SSSR count). The minimum absolute atomic E-state index is 0.327. The minimum atomic E-state index is 0.327. The van der Waals surface area contributed by atoms with Crippen LogP contribution in [0.2, 0.25) is 5.15 Å². The number of benzene rings is 1. The molecule has 0 unspecified atom stereocenters. The number of rotatable bonds is 8. The van der Waals surface area contributed by atoms with Crippen LogP contribution in [0.1, 0.15) is 33.6 Å². The highest BCUT2D eigenvalue weighted by Crippen LogP contribution is 2.21. The molecule has 0 saturated heterocycles. The summed E-state index contributed by atoms with van der Waals surface area (Å²) in [7, 11) is 0. The Bertz CT molecular complexity index is 598. The number of aromatic nitrogens is 2. The molecule has 120 valence electrons. The number of anilines is 1. The normalized spacial score (nSPS) is 12.8. The van der Waals surface area contributed by atoms with Crippen molar-refractivity contribution in [3.8, 4) is 0 Å². The third kappa shape index (κ3) is 4.55. The quantitative estimate of drug-likeness (QED) is 0.740. The Labute approximate surface area is 137 Å². The van der Waals surface area contributed by atoms with Crippen molar-refractivity contribution in [3.05, 3.63) is 29.4 Å². The molecule has 1 atom stereocenters. The van der Waals surface area contributed by atoms with E-state index in [9.17, 15) is 0 Å². The van der Waals surface area contributed by atoms with E-state index < -0.39 is 0 Å². The van der Waals surface area contributed by atoms with Gasteiger partial charge in [-0.05, 0) is 51.5 Å². The molecule has 2 aromatic rings. The van der Waals surface area contributed by atoms with Gasteiger partial charge in [-0.1, -0.05) is 37.6 Å². The van der Waals surface area contributed by atoms with E-state index in [0.29, 0.717) is 17.1 Å². The maximum Gasteiger partial charge on any atom is 0.224 e. The van der Waals surface area contributed by atoms with Gasteiger partial charge < -0.3 is 10.2 Å². The maximum absolute atomic E-state index is 6.23. The molecule has 0 aliphatic heterocycles. The molecular weight excluding hydrogens is 296 g/mol. The summed E-state index contributed by atoms with van der Waals surface area (Å²) in [5.74, 6) is 0.610. The molecule has 0 radical (unpaired) electrons. The predicted molar refractivity (Wildman–Crippen MR) is 94.7 cm³/mol. The molecule has 0 fully saturated rings. The Balaban J connectivity index is 1.93. The first-order valence-corrected chi connectivity index (χ1v) is 8.43. The van der Waals surface area contributed by atoms with E-state index in [4.69, 9.17) is 11.6 Å². The van der Waals surface area contributed by atoms with Crippen molar-refractivity contribution in [2.45, 2.75) is 39.7 Å². The van der Waals surface area contributed by atoms with Crippen LogP contribution in [0.25, 0.3) is 10.9 Å². The summed E-state index contributed by atoms with van der Waals surface area (Å²) >= 11 is 6.23. The van der Waals surface area contributed by atoms with Crippen LogP contribution in [0.4, 0.5) is 5.95 Å². The van der Waals surface area contributed by atoms with Crippen molar-refractivity contribution in [2.75, 3.05) is 25.0 Å². The van der Waals surface area contributed by atoms with E-state index in [-0.39, 0.29) is 0 Å². The van der Waals surface area contributed by atoms with Crippen LogP contribution in [0.5, 0.6) is 0 Å². The van der Waals surface area contributed by atoms with Crippen LogP contribution in [0.3, 0.4) is 0 Å². The zero-order valence-electron chi connectivity index (χ0n) is 13.6. The molecular formula is C17H25ClN4. The van der Waals surface area contributed by atoms with E-state index in [1.807, 2.05) is 24.3 Å². The van der Waals surface area contributed by atoms with Gasteiger partial charge >= 0.3 is 0 Å². The minimum Gasteiger partial charge on any atom is -0.352 e. The van der Waals surface area contributed by atoms with Crippen molar-refractivity contribution in [2.24, 2.45) is 0 Å². The highest BCUT2D eigenvalue weighted by Gasteiger charge is 2.09. The predicted octanol–water partition coefficient (Wildman–Crippen LogP) is 4.21. The molecule has 1 aromatic carbocycles. The van der Waals surface area contributed by atoms with Gasteiger partial charge in [0, 0.05) is 11.4 Å². The molecule has 5 heteroatoms. The lowest BCUT2D eigenvalue weighted by molar-refractivity contribution is 0.295. The standard InChI is InChI=1S/C17H25ClN4/c1-4-22(5-2)12-8-9-13(3)19-17-20-15-11-7-6-10-14(15)16(18)21-17/h6-7,10-11,13H,4-5,8-9,12H2,1-3H3,(H,19,20,21)/t13-/m1/s1. The first-order valence-electron chi connectivity index (χ1n) is 8.05. The second-order valence-corrected chi connectivity index (χ2v) is 5.93. The van der Waals surface area contributed by atoms with Gasteiger partial charge in [-0.3, -0.25) is 0 Å². The largest absolute Gasteiger partial charge is 0.352 e. The number of hydrogen-bond donors (Lipinski definition) is 1. The lowest BCUT2D eigenvalue weighted by Gasteiger charge is -2.19. The lowest BCUT2D eigenvalue weighted by Crippen LogP contribution is -2.26. The van der Waals surface area contributed by atoms with Crippen LogP contribution >= 0.6 is 11.6 Å². The molecule has 1 N–H and O–H groups in total. The number of nitrogens with zero attached hydrogens (tertiary/aromatic N) is 3. The summed E-state index contributed by atoms with van der Waals surface area (Å²) in [6.07, 6.45) is 2.25. The van der Waals surface area contributed by atoms with Crippen molar-refractivity contribution in [1.82, 2.24) is 14.9 Å². The maximum atomic E-state index is 6.23. The third-order valence-corrected chi connectivity index (χ3v) is 4.23. The Hall–Kier alpha value is -1.39. The van der Waals surface area contributed by atoms with Crippen molar-refractivity contribution in [3.63, 3.8) is 0 Å². The number of nitrogens with one attached hydrogen (secondary N) is 1. The van der Waals surface area contributed by atoms with E-state index >= 15 is 0 Å². The van der Waals surface area contributed by atoms with Crippen LogP contribution in [0.15, 0.2) is 24.3 Å². The van der Waals surface area contributed by atoms with Gasteiger partial charge in [0.25, 0.3) is 0 Å². The average Bonchev–Trinajstić information content (AvgIpc) is 2.51. The fourth-order valence-corrected chi connectivity index (χ4v) is 2.80. The Morgan fingerprint density at radius 1 is 1.18 bits per heavy atom. The second kappa shape index (κ2) is 8.30. The van der Waals surface area contributed by atoms with Gasteiger partial charge in [-0.2, -0.15) is 0 Å². The molecule has 0 amide bonds. The zero-order valence-corrected chi connectivity index (χ0v) is 14.4. The molecule has 0 aliphatic carbocycles. The van der Waals surface area contributed by atoms with Crippen LogP contribution < -0.4 is 5.32 Å². The molecule has 4 nitrogen and oxygen atoms in total. The Morgan fingerprint density at radius 3 is 2.64 bits per heavy atom. The van der Waals surface area contributed by atoms with Crippen molar-refractivity contribution >= 4 is 28.5 Å². The fraction of sp³-hybridized carbons (Fsp3) is 0.529. The van der Waals surface area contributed by atoms with E-state index in [1.54, 1.807) is 0 Å². The Kier molecular flexibility index (Phi) is 6.40. The summed E-state index contributed by atoms with van der Waals surface area (Å²) in [6, 6.07) is 8.13. The summed E-state index contributed by atoms with van der Waals surface area (Å²) in [4.78, 5) is 11.3. The van der Waals surface area contributed by atoms with E-state index in [1.165, 1.54) is 0 Å². The Morgan fingerprint density at radius 2 is 1.91 bits per heavy atom. The summed E-state index contributed by atoms with van der Waals surface area (Å²) in [5.41, 5.74) is 0.875. The van der Waals surface area contributed by atoms with Crippen molar-refractivity contribution in [1.29, 1.82) is 0 Å². The van der Waals surface area contributed by atoms with Crippen LogP contribution in [-0.4, -0.2) is 40.5 Å². The van der Waals surface area contributed by atoms with Crippen LogP contribution in [-0.2, 0) is 0 Å². The molecule has 22 heavy (non-hydrogen) atoms. The SMILES string of the molecule is CCN(CC)CCC[C@@H](C)Nc1nc(Cl)c2ccccc2n1. The molecule has 0 aliphatic rings. The number of para-hydroxylation sites is 1. The molecule has 0 bridgehead atoms. The van der Waals surface area contributed by atoms with Gasteiger partial charge in [0.1, 0.15) is 5.15 Å². The van der Waals surface area contributed by atoms with E-state index in [2.05, 4.69) is 41.0 Å². The lowest BCUT2D eigenvalue weighted by atomic mass is 10.2. The zero-order chi connectivity index (χ0) is 15.9.